The van der Waals surface area contributed by atoms with Gasteiger partial charge in [0.2, 0.25) is 0 Å². The Bertz CT molecular complexity index is 361. The molecule has 0 spiro atoms. The van der Waals surface area contributed by atoms with E-state index in [-0.39, 0.29) is 0 Å². The molecule has 0 unspecified atom stereocenters. The van der Waals surface area contributed by atoms with Gasteiger partial charge in [-0.2, -0.15) is 0 Å². The standard InChI is InChI=1S/C11H17N3S/c1-8-6-5-7-9(14(2)3)10(8)13-11(12)15-4/h5-7H,1-4H3,(H2,12,13). The third kappa shape index (κ3) is 2.89. The van der Waals surface area contributed by atoms with Crippen molar-refractivity contribution in [2.45, 2.75) is 6.92 Å². The Morgan fingerprint density at radius 1 is 1.40 bits per heavy atom. The van der Waals surface area contributed by atoms with Gasteiger partial charge >= 0.3 is 0 Å². The highest BCUT2D eigenvalue weighted by Crippen LogP contribution is 2.28. The van der Waals surface area contributed by atoms with Crippen molar-refractivity contribution in [1.29, 1.82) is 5.41 Å². The summed E-state index contributed by atoms with van der Waals surface area (Å²) < 4.78 is 0. The smallest absolute Gasteiger partial charge is 0.157 e. The van der Waals surface area contributed by atoms with Crippen molar-refractivity contribution in [2.75, 3.05) is 30.6 Å². The predicted molar refractivity (Wildman–Crippen MR) is 70.4 cm³/mol. The molecule has 0 aliphatic rings. The van der Waals surface area contributed by atoms with E-state index in [9.17, 15) is 0 Å². The first-order valence-corrected chi connectivity index (χ1v) is 5.95. The van der Waals surface area contributed by atoms with E-state index in [1.54, 1.807) is 0 Å². The molecule has 0 aromatic heterocycles. The molecule has 0 heterocycles. The number of aryl methyl sites for hydroxylation is 1. The molecule has 3 nitrogen and oxygen atoms in total. The van der Waals surface area contributed by atoms with Crippen molar-refractivity contribution in [3.05, 3.63) is 23.8 Å². The maximum atomic E-state index is 7.64. The molecule has 0 atom stereocenters. The molecule has 4 heteroatoms. The summed E-state index contributed by atoms with van der Waals surface area (Å²) >= 11 is 1.40. The first-order chi connectivity index (χ1) is 7.06. The summed E-state index contributed by atoms with van der Waals surface area (Å²) in [5.41, 5.74) is 3.27. The minimum Gasteiger partial charge on any atom is -0.376 e. The molecule has 0 saturated carbocycles. The van der Waals surface area contributed by atoms with E-state index in [0.29, 0.717) is 5.17 Å². The van der Waals surface area contributed by atoms with E-state index < -0.39 is 0 Å². The molecule has 1 aromatic carbocycles. The summed E-state index contributed by atoms with van der Waals surface area (Å²) in [6, 6.07) is 6.12. The molecule has 0 bridgehead atoms. The van der Waals surface area contributed by atoms with E-state index in [4.69, 9.17) is 5.41 Å². The van der Waals surface area contributed by atoms with Gasteiger partial charge in [-0.3, -0.25) is 5.41 Å². The molecule has 0 aliphatic carbocycles. The second-order valence-electron chi connectivity index (χ2n) is 3.52. The summed E-state index contributed by atoms with van der Waals surface area (Å²) in [6.45, 7) is 2.04. The van der Waals surface area contributed by atoms with E-state index in [1.807, 2.05) is 50.4 Å². The summed E-state index contributed by atoms with van der Waals surface area (Å²) in [4.78, 5) is 2.04. The van der Waals surface area contributed by atoms with Crippen molar-refractivity contribution >= 4 is 28.3 Å². The van der Waals surface area contributed by atoms with Crippen LogP contribution in [0, 0.1) is 12.3 Å². The molecule has 1 aromatic rings. The highest BCUT2D eigenvalue weighted by Gasteiger charge is 2.07. The predicted octanol–water partition coefficient (Wildman–Crippen LogP) is 2.77. The molecule has 15 heavy (non-hydrogen) atoms. The van der Waals surface area contributed by atoms with Crippen LogP contribution in [0.4, 0.5) is 11.4 Å². The maximum Gasteiger partial charge on any atom is 0.157 e. The number of benzene rings is 1. The topological polar surface area (TPSA) is 39.1 Å². The lowest BCUT2D eigenvalue weighted by atomic mass is 10.1. The van der Waals surface area contributed by atoms with Gasteiger partial charge in [-0.1, -0.05) is 23.9 Å². The summed E-state index contributed by atoms with van der Waals surface area (Å²) in [5, 5.41) is 11.2. The van der Waals surface area contributed by atoms with E-state index in [0.717, 1.165) is 16.9 Å². The molecule has 0 saturated heterocycles. The fourth-order valence-corrected chi connectivity index (χ4v) is 1.56. The van der Waals surface area contributed by atoms with Gasteiger partial charge in [0.25, 0.3) is 0 Å². The molecule has 0 fully saturated rings. The highest BCUT2D eigenvalue weighted by molar-refractivity contribution is 8.13. The Balaban J connectivity index is 3.07. The van der Waals surface area contributed by atoms with Gasteiger partial charge in [0, 0.05) is 14.1 Å². The fourth-order valence-electron chi connectivity index (χ4n) is 1.35. The zero-order valence-corrected chi connectivity index (χ0v) is 10.4. The van der Waals surface area contributed by atoms with Gasteiger partial charge in [0.15, 0.2) is 5.17 Å². The number of rotatable bonds is 2. The Morgan fingerprint density at radius 2 is 2.07 bits per heavy atom. The number of hydrogen-bond donors (Lipinski definition) is 2. The maximum absolute atomic E-state index is 7.64. The molecule has 0 amide bonds. The average Bonchev–Trinajstić information content (AvgIpc) is 2.20. The van der Waals surface area contributed by atoms with Crippen LogP contribution in [0.15, 0.2) is 18.2 Å². The largest absolute Gasteiger partial charge is 0.376 e. The second-order valence-corrected chi connectivity index (χ2v) is 4.34. The molecule has 0 aliphatic heterocycles. The van der Waals surface area contributed by atoms with Crippen molar-refractivity contribution in [1.82, 2.24) is 0 Å². The van der Waals surface area contributed by atoms with Crippen LogP contribution in [0.2, 0.25) is 0 Å². The number of nitrogens with one attached hydrogen (secondary N) is 2. The highest BCUT2D eigenvalue weighted by atomic mass is 32.2. The first-order valence-electron chi connectivity index (χ1n) is 4.72. The van der Waals surface area contributed by atoms with Crippen LogP contribution in [0.5, 0.6) is 0 Å². The molecule has 1 rings (SSSR count). The lowest BCUT2D eigenvalue weighted by Gasteiger charge is -2.20. The van der Waals surface area contributed by atoms with Crippen LogP contribution in [0.1, 0.15) is 5.56 Å². The van der Waals surface area contributed by atoms with E-state index >= 15 is 0 Å². The third-order valence-electron chi connectivity index (χ3n) is 2.18. The summed E-state index contributed by atoms with van der Waals surface area (Å²) in [5.74, 6) is 0. The number of nitrogens with zero attached hydrogens (tertiary/aromatic N) is 1. The normalized spacial score (nSPS) is 9.87. The van der Waals surface area contributed by atoms with Crippen molar-refractivity contribution in [3.8, 4) is 0 Å². The third-order valence-corrected chi connectivity index (χ3v) is 2.69. The molecule has 0 radical (unpaired) electrons. The van der Waals surface area contributed by atoms with Crippen molar-refractivity contribution in [2.24, 2.45) is 0 Å². The zero-order valence-electron chi connectivity index (χ0n) is 9.59. The van der Waals surface area contributed by atoms with Crippen LogP contribution in [-0.4, -0.2) is 25.5 Å². The van der Waals surface area contributed by atoms with Crippen molar-refractivity contribution < 1.29 is 0 Å². The first kappa shape index (κ1) is 11.9. The van der Waals surface area contributed by atoms with Gasteiger partial charge in [-0.05, 0) is 24.8 Å². The van der Waals surface area contributed by atoms with Gasteiger partial charge in [0.05, 0.1) is 11.4 Å². The molecule has 82 valence electrons. The summed E-state index contributed by atoms with van der Waals surface area (Å²) in [7, 11) is 4.01. The van der Waals surface area contributed by atoms with Crippen molar-refractivity contribution in [3.63, 3.8) is 0 Å². The minimum atomic E-state index is 0.465. The van der Waals surface area contributed by atoms with E-state index in [1.165, 1.54) is 11.8 Å². The van der Waals surface area contributed by atoms with Crippen LogP contribution >= 0.6 is 11.8 Å². The number of amidine groups is 1. The zero-order chi connectivity index (χ0) is 11.4. The SMILES string of the molecule is CSC(=N)Nc1c(C)cccc1N(C)C. The Kier molecular flexibility index (Phi) is 4.03. The van der Waals surface area contributed by atoms with E-state index in [2.05, 4.69) is 5.32 Å². The number of thioether (sulfide) groups is 1. The van der Waals surface area contributed by atoms with Crippen LogP contribution < -0.4 is 10.2 Å². The number of hydrogen-bond acceptors (Lipinski definition) is 3. The molecular weight excluding hydrogens is 206 g/mol. The monoisotopic (exact) mass is 223 g/mol. The average molecular weight is 223 g/mol. The van der Waals surface area contributed by atoms with Crippen LogP contribution in [0.3, 0.4) is 0 Å². The molecular formula is C11H17N3S. The summed E-state index contributed by atoms with van der Waals surface area (Å²) in [6.07, 6.45) is 1.89. The van der Waals surface area contributed by atoms with Crippen LogP contribution in [0.25, 0.3) is 0 Å². The quantitative estimate of drug-likeness (QED) is 0.598. The van der Waals surface area contributed by atoms with Gasteiger partial charge in [-0.25, -0.2) is 0 Å². The van der Waals surface area contributed by atoms with Crippen LogP contribution in [-0.2, 0) is 0 Å². The Hall–Kier alpha value is -1.16. The lowest BCUT2D eigenvalue weighted by molar-refractivity contribution is 1.13. The fraction of sp³-hybridized carbons (Fsp3) is 0.364. The number of anilines is 2. The second kappa shape index (κ2) is 5.07. The Morgan fingerprint density at radius 3 is 2.60 bits per heavy atom. The van der Waals surface area contributed by atoms with Gasteiger partial charge in [0.1, 0.15) is 0 Å². The minimum absolute atomic E-state index is 0.465. The Labute approximate surface area is 95.4 Å². The van der Waals surface area contributed by atoms with Gasteiger partial charge in [-0.15, -0.1) is 0 Å². The van der Waals surface area contributed by atoms with Gasteiger partial charge < -0.3 is 10.2 Å². The number of para-hydroxylation sites is 1. The lowest BCUT2D eigenvalue weighted by Crippen LogP contribution is -2.15. The molecule has 2 N–H and O–H groups in total.